The van der Waals surface area contributed by atoms with Crippen LogP contribution in [0.25, 0.3) is 11.4 Å². The molecule has 138 valence electrons. The van der Waals surface area contributed by atoms with Gasteiger partial charge in [-0.1, -0.05) is 102 Å². The molecule has 4 aromatic rings. The summed E-state index contributed by atoms with van der Waals surface area (Å²) in [6.07, 6.45) is 1.85. The molecule has 0 aliphatic heterocycles. The fourth-order valence-corrected chi connectivity index (χ4v) is 3.57. The van der Waals surface area contributed by atoms with Crippen LogP contribution in [-0.4, -0.2) is 21.1 Å². The van der Waals surface area contributed by atoms with Gasteiger partial charge in [-0.25, -0.2) is 0 Å². The van der Waals surface area contributed by atoms with Crippen molar-refractivity contribution in [3.8, 4) is 11.4 Å². The van der Waals surface area contributed by atoms with Gasteiger partial charge in [-0.15, -0.1) is 10.2 Å². The Bertz CT molecular complexity index is 1050. The van der Waals surface area contributed by atoms with Crippen LogP contribution in [-0.2, 0) is 5.75 Å². The zero-order valence-electron chi connectivity index (χ0n) is 15.6. The van der Waals surface area contributed by atoms with Crippen molar-refractivity contribution in [3.63, 3.8) is 0 Å². The molecular weight excluding hydrogens is 364 g/mol. The first-order valence-corrected chi connectivity index (χ1v) is 10.1. The van der Waals surface area contributed by atoms with E-state index in [1.807, 2.05) is 59.4 Å². The first-order chi connectivity index (χ1) is 13.8. The molecule has 0 N–H and O–H groups in total. The second-order valence-electron chi connectivity index (χ2n) is 6.41. The number of hydrogen-bond donors (Lipinski definition) is 0. The second-order valence-corrected chi connectivity index (χ2v) is 7.36. The minimum Gasteiger partial charge on any atom is -0.187 e. The lowest BCUT2D eigenvalue weighted by Gasteiger charge is -2.05. The Labute approximate surface area is 169 Å². The number of thioether (sulfide) groups is 1. The maximum absolute atomic E-state index is 4.70. The van der Waals surface area contributed by atoms with Gasteiger partial charge < -0.3 is 0 Å². The van der Waals surface area contributed by atoms with Crippen LogP contribution >= 0.6 is 11.8 Å². The third-order valence-corrected chi connectivity index (χ3v) is 5.24. The molecular formula is C23H20N4S. The Balaban J connectivity index is 1.65. The van der Waals surface area contributed by atoms with Gasteiger partial charge in [0.1, 0.15) is 0 Å². The molecule has 0 saturated carbocycles. The molecule has 0 fully saturated rings. The molecule has 28 heavy (non-hydrogen) atoms. The average molecular weight is 385 g/mol. The van der Waals surface area contributed by atoms with Crippen molar-refractivity contribution in [3.05, 3.63) is 102 Å². The predicted octanol–water partition coefficient (Wildman–Crippen LogP) is 5.43. The smallest absolute Gasteiger partial charge is 0.187 e. The van der Waals surface area contributed by atoms with E-state index in [9.17, 15) is 0 Å². The van der Waals surface area contributed by atoms with Crippen molar-refractivity contribution in [1.29, 1.82) is 0 Å². The lowest BCUT2D eigenvalue weighted by Crippen LogP contribution is -1.97. The maximum atomic E-state index is 4.70. The molecule has 0 bridgehead atoms. The van der Waals surface area contributed by atoms with Crippen molar-refractivity contribution < 1.29 is 0 Å². The zero-order valence-corrected chi connectivity index (χ0v) is 16.4. The first-order valence-electron chi connectivity index (χ1n) is 9.08. The van der Waals surface area contributed by atoms with Gasteiger partial charge in [-0.3, -0.25) is 0 Å². The van der Waals surface area contributed by atoms with Gasteiger partial charge in [-0.05, 0) is 18.1 Å². The molecule has 0 saturated heterocycles. The van der Waals surface area contributed by atoms with Crippen LogP contribution in [0.4, 0.5) is 0 Å². The highest BCUT2D eigenvalue weighted by molar-refractivity contribution is 7.98. The zero-order chi connectivity index (χ0) is 19.2. The van der Waals surface area contributed by atoms with E-state index in [2.05, 4.69) is 53.5 Å². The monoisotopic (exact) mass is 384 g/mol. The van der Waals surface area contributed by atoms with Crippen molar-refractivity contribution in [1.82, 2.24) is 14.9 Å². The SMILES string of the molecule is Cc1ccc(C=Nn2c(SCc3ccccc3)nnc2-c2ccccc2)cc1. The Morgan fingerprint density at radius 2 is 1.54 bits per heavy atom. The number of benzene rings is 3. The van der Waals surface area contributed by atoms with Crippen LogP contribution in [0.5, 0.6) is 0 Å². The summed E-state index contributed by atoms with van der Waals surface area (Å²) in [5, 5.41) is 14.3. The number of rotatable bonds is 6. The highest BCUT2D eigenvalue weighted by atomic mass is 32.2. The fraction of sp³-hybridized carbons (Fsp3) is 0.0870. The van der Waals surface area contributed by atoms with E-state index in [4.69, 9.17) is 5.10 Å². The van der Waals surface area contributed by atoms with Gasteiger partial charge in [0.25, 0.3) is 0 Å². The summed E-state index contributed by atoms with van der Waals surface area (Å²) < 4.78 is 1.82. The molecule has 0 aliphatic carbocycles. The Morgan fingerprint density at radius 1 is 0.857 bits per heavy atom. The van der Waals surface area contributed by atoms with Crippen LogP contribution in [0.2, 0.25) is 0 Å². The largest absolute Gasteiger partial charge is 0.212 e. The Kier molecular flexibility index (Phi) is 5.64. The van der Waals surface area contributed by atoms with E-state index in [1.165, 1.54) is 11.1 Å². The highest BCUT2D eigenvalue weighted by Crippen LogP contribution is 2.26. The van der Waals surface area contributed by atoms with E-state index in [1.54, 1.807) is 11.8 Å². The summed E-state index contributed by atoms with van der Waals surface area (Å²) in [5.74, 6) is 1.55. The number of hydrogen-bond acceptors (Lipinski definition) is 4. The number of aromatic nitrogens is 3. The van der Waals surface area contributed by atoms with Crippen LogP contribution in [0.15, 0.2) is 95.2 Å². The van der Waals surface area contributed by atoms with E-state index in [-0.39, 0.29) is 0 Å². The molecule has 4 rings (SSSR count). The van der Waals surface area contributed by atoms with Crippen LogP contribution in [0.3, 0.4) is 0 Å². The Morgan fingerprint density at radius 3 is 2.25 bits per heavy atom. The van der Waals surface area contributed by atoms with Gasteiger partial charge in [0.2, 0.25) is 5.16 Å². The van der Waals surface area contributed by atoms with E-state index < -0.39 is 0 Å². The lowest BCUT2D eigenvalue weighted by atomic mass is 10.2. The van der Waals surface area contributed by atoms with Crippen LogP contribution in [0, 0.1) is 6.92 Å². The quantitative estimate of drug-likeness (QED) is 0.329. The summed E-state index contributed by atoms with van der Waals surface area (Å²) in [4.78, 5) is 0. The standard InChI is InChI=1S/C23H20N4S/c1-18-12-14-19(15-13-18)16-24-27-22(21-10-6-3-7-11-21)25-26-23(27)28-17-20-8-4-2-5-9-20/h2-16H,17H2,1H3. The van der Waals surface area contributed by atoms with E-state index >= 15 is 0 Å². The van der Waals surface area contributed by atoms with Gasteiger partial charge >= 0.3 is 0 Å². The number of aryl methyl sites for hydroxylation is 1. The summed E-state index contributed by atoms with van der Waals surface area (Å²) in [6.45, 7) is 2.08. The summed E-state index contributed by atoms with van der Waals surface area (Å²) >= 11 is 1.63. The third-order valence-electron chi connectivity index (χ3n) is 4.25. The minimum atomic E-state index is 0.736. The third kappa shape index (κ3) is 4.38. The van der Waals surface area contributed by atoms with Crippen molar-refractivity contribution in [2.75, 3.05) is 0 Å². The molecule has 0 radical (unpaired) electrons. The second kappa shape index (κ2) is 8.67. The molecule has 1 aromatic heterocycles. The van der Waals surface area contributed by atoms with Gasteiger partial charge in [0, 0.05) is 11.3 Å². The fourth-order valence-electron chi connectivity index (χ4n) is 2.73. The van der Waals surface area contributed by atoms with E-state index in [0.29, 0.717) is 0 Å². The highest BCUT2D eigenvalue weighted by Gasteiger charge is 2.14. The molecule has 0 spiro atoms. The molecule has 4 nitrogen and oxygen atoms in total. The Hall–Kier alpha value is -3.18. The maximum Gasteiger partial charge on any atom is 0.212 e. The molecule has 0 aliphatic rings. The summed E-state index contributed by atoms with van der Waals surface area (Å²) in [6, 6.07) is 28.6. The van der Waals surface area contributed by atoms with Gasteiger partial charge in [0.15, 0.2) is 5.82 Å². The van der Waals surface area contributed by atoms with Crippen LogP contribution < -0.4 is 0 Å². The van der Waals surface area contributed by atoms with Crippen molar-refractivity contribution in [2.24, 2.45) is 5.10 Å². The van der Waals surface area contributed by atoms with Gasteiger partial charge in [-0.2, -0.15) is 9.78 Å². The molecule has 0 atom stereocenters. The van der Waals surface area contributed by atoms with Crippen molar-refractivity contribution in [2.45, 2.75) is 17.8 Å². The molecule has 5 heteroatoms. The minimum absolute atomic E-state index is 0.736. The topological polar surface area (TPSA) is 43.1 Å². The summed E-state index contributed by atoms with van der Waals surface area (Å²) in [5.41, 5.74) is 4.50. The average Bonchev–Trinajstić information content (AvgIpc) is 3.16. The normalized spacial score (nSPS) is 11.2. The first kappa shape index (κ1) is 18.2. The lowest BCUT2D eigenvalue weighted by molar-refractivity contribution is 0.772. The molecule has 0 amide bonds. The van der Waals surface area contributed by atoms with Crippen molar-refractivity contribution >= 4 is 18.0 Å². The van der Waals surface area contributed by atoms with Crippen LogP contribution in [0.1, 0.15) is 16.7 Å². The van der Waals surface area contributed by atoms with Gasteiger partial charge in [0.05, 0.1) is 6.21 Å². The molecule has 1 heterocycles. The molecule has 3 aromatic carbocycles. The number of nitrogens with zero attached hydrogens (tertiary/aromatic N) is 4. The predicted molar refractivity (Wildman–Crippen MR) is 116 cm³/mol. The summed E-state index contributed by atoms with van der Waals surface area (Å²) in [7, 11) is 0. The van der Waals surface area contributed by atoms with E-state index in [0.717, 1.165) is 27.9 Å². The molecule has 0 unspecified atom stereocenters.